The van der Waals surface area contributed by atoms with Gasteiger partial charge in [0, 0.05) is 7.05 Å². The topological polar surface area (TPSA) is 206 Å². The van der Waals surface area contributed by atoms with Crippen LogP contribution in [0.3, 0.4) is 0 Å². The predicted molar refractivity (Wildman–Crippen MR) is 384 cm³/mol. The first-order valence-corrected chi connectivity index (χ1v) is 57.6. The van der Waals surface area contributed by atoms with Crippen LogP contribution in [0.2, 0.25) is 58.9 Å². The first-order valence-electron chi connectivity index (χ1n) is 21.9. The molecule has 0 saturated carbocycles. The van der Waals surface area contributed by atoms with Crippen LogP contribution in [-0.2, 0) is 40.7 Å². The van der Waals surface area contributed by atoms with Crippen LogP contribution in [0.15, 0.2) is 31.9 Å². The molecule has 0 atom stereocenters. The van der Waals surface area contributed by atoms with Crippen molar-refractivity contribution in [3.8, 4) is 0 Å². The third kappa shape index (κ3) is 102. The Morgan fingerprint density at radius 2 is 0.674 bits per heavy atom. The van der Waals surface area contributed by atoms with Gasteiger partial charge in [0.15, 0.2) is 42.9 Å². The molecule has 54 heteroatoms. The van der Waals surface area contributed by atoms with Gasteiger partial charge in [0.25, 0.3) is 17.7 Å². The minimum Gasteiger partial charge on any atom is -0.185 e. The van der Waals surface area contributed by atoms with E-state index in [1.165, 1.54) is 13.8 Å². The van der Waals surface area contributed by atoms with Crippen LogP contribution in [0.1, 0.15) is 79.2 Å². The van der Waals surface area contributed by atoms with Crippen LogP contribution in [0, 0.1) is 0 Å². The molecule has 0 fully saturated rings. The number of nitrogens with zero attached hydrogens (tertiary/aromatic N) is 9. The van der Waals surface area contributed by atoms with Crippen molar-refractivity contribution >= 4 is 222 Å². The fraction of sp³-hybridized carbons (Fsp3) is 1.00. The van der Waals surface area contributed by atoms with E-state index in [2.05, 4.69) is 74.7 Å². The maximum Gasteiger partial charge on any atom is 0.257 e. The predicted octanol–water partition coefficient (Wildman–Crippen LogP) is 32.5. The molecule has 0 amide bonds. The average Bonchev–Trinajstić information content (AvgIpc) is 3.16. The summed E-state index contributed by atoms with van der Waals surface area (Å²) in [6.07, 6.45) is -18.7. The summed E-state index contributed by atoms with van der Waals surface area (Å²) in [5, 5.41) is 0. The normalized spacial score (nSPS) is 14.8. The van der Waals surface area contributed by atoms with Crippen molar-refractivity contribution < 1.29 is 93.4 Å². The first-order chi connectivity index (χ1) is 36.2. The molecule has 0 bridgehead atoms. The van der Waals surface area contributed by atoms with Gasteiger partial charge in [-0.2, -0.15) is 66.2 Å². The second-order valence-electron chi connectivity index (χ2n) is 16.9. The summed E-state index contributed by atoms with van der Waals surface area (Å²) < 4.78 is 210. The Bertz CT molecular complexity index is 2110. The summed E-state index contributed by atoms with van der Waals surface area (Å²) >= 11 is 69.6. The molecule has 89 heavy (non-hydrogen) atoms. The van der Waals surface area contributed by atoms with E-state index in [0.717, 1.165) is 0 Å². The smallest absolute Gasteiger partial charge is 0.185 e. The molecule has 0 saturated heterocycles. The Kier molecular flexibility index (Phi) is 71.5. The monoisotopic (exact) mass is 1790 g/mol. The van der Waals surface area contributed by atoms with Crippen molar-refractivity contribution in [1.29, 1.82) is 0 Å². The molecule has 0 radical (unpaired) electrons. The molecule has 1 rings (SSSR count). The standard InChI is InChI=1S/C9H18F6NO3PSi.C9H24NO3PSi.C6H9F6O3P.C3H9N3Si.C2H6Cl2NP.6CH4.Cl6N3P3.Cl5P/c1-5-17-20(16-21(2,3)4,18-6-8(10,11)12)19-7-9(13,14)15;1-7-11-14(12-8-2,13-9-3)10-15(4,5)6;1-2-13-16(14-3-5(7,8)9)15-4-6(10,11)12;1-7(2,3)6-5-4;1-5-6(2,3)4;;;;;;;1-10(2)7-11(3,4)9-12(5,6)8-10;1-6(2,3,4)5/h5-7H2,1-4H3;7-9H2,1-6H3;2-4H2,1H3;1-3H3;1-2H3;6*1H4;;. The molecule has 0 aromatic heterocycles. The maximum atomic E-state index is 12.3. The number of halogens is 25. The molecule has 1 aliphatic rings. The van der Waals surface area contributed by atoms with Gasteiger partial charge < -0.3 is 31.7 Å². The third-order valence-electron chi connectivity index (χ3n) is 5.04. The van der Waals surface area contributed by atoms with E-state index < -0.39 is 127 Å². The molecule has 556 valence electrons. The Morgan fingerprint density at radius 1 is 0.461 bits per heavy atom. The molecule has 0 unspecified atom stereocenters. The molecule has 0 aliphatic carbocycles. The third-order valence-corrected chi connectivity index (χ3v) is 31.0. The first kappa shape index (κ1) is 121. The van der Waals surface area contributed by atoms with E-state index in [1.54, 1.807) is 33.4 Å². The fourth-order valence-corrected chi connectivity index (χ4v) is 32.8. The van der Waals surface area contributed by atoms with E-state index >= 15 is 0 Å². The summed E-state index contributed by atoms with van der Waals surface area (Å²) in [6.45, 7) is 22.0. The summed E-state index contributed by atoms with van der Waals surface area (Å²) in [6, 6.07) is 0. The summed E-state index contributed by atoms with van der Waals surface area (Å²) in [5.74, 6) is -10.6. The average molecular weight is 1800 g/mol. The number of alkyl halides is 12. The quantitative estimate of drug-likeness (QED) is 0.0267. The van der Waals surface area contributed by atoms with Crippen LogP contribution < -0.4 is 0 Å². The van der Waals surface area contributed by atoms with Crippen LogP contribution >= 0.6 is 197 Å². The van der Waals surface area contributed by atoms with E-state index in [9.17, 15) is 52.7 Å². The number of azide groups is 1. The van der Waals surface area contributed by atoms with Crippen molar-refractivity contribution in [3.63, 3.8) is 0 Å². The van der Waals surface area contributed by atoms with Crippen molar-refractivity contribution in [2.24, 2.45) is 31.9 Å². The van der Waals surface area contributed by atoms with Gasteiger partial charge in [-0.05, 0) is 158 Å². The maximum absolute atomic E-state index is 12.3. The van der Waals surface area contributed by atoms with Crippen LogP contribution in [-0.4, -0.2) is 123 Å². The molecule has 18 nitrogen and oxygen atoms in total. The van der Waals surface area contributed by atoms with Crippen molar-refractivity contribution in [3.05, 3.63) is 10.4 Å². The summed E-state index contributed by atoms with van der Waals surface area (Å²) in [5.41, 5.74) is 7.89. The van der Waals surface area contributed by atoms with Gasteiger partial charge in [-0.1, -0.05) is 86.7 Å². The molecule has 1 aliphatic heterocycles. The van der Waals surface area contributed by atoms with Gasteiger partial charge in [-0.3, -0.25) is 22.6 Å². The van der Waals surface area contributed by atoms with Crippen molar-refractivity contribution in [1.82, 2.24) is 0 Å². The van der Waals surface area contributed by atoms with Crippen molar-refractivity contribution in [2.75, 3.05) is 73.2 Å². The summed E-state index contributed by atoms with van der Waals surface area (Å²) in [4.78, 5) is 2.69. The fourth-order valence-electron chi connectivity index (χ4n) is 3.14. The molecule has 1 heterocycles. The summed E-state index contributed by atoms with van der Waals surface area (Å²) in [7, 11) is -13.0. The van der Waals surface area contributed by atoms with E-state index in [4.69, 9.17) is 174 Å². The number of rotatable bonds is 21. The Labute approximate surface area is 588 Å². The van der Waals surface area contributed by atoms with E-state index in [0.29, 0.717) is 19.8 Å². The second kappa shape index (κ2) is 52.7. The van der Waals surface area contributed by atoms with Gasteiger partial charge in [-0.25, -0.2) is 0 Å². The van der Waals surface area contributed by atoms with Gasteiger partial charge in [0.05, 0.1) is 33.0 Å². The molecular weight excluding hydrogens is 1710 g/mol. The zero-order valence-corrected chi connectivity index (χ0v) is 66.6. The molecule has 0 aromatic rings. The van der Waals surface area contributed by atoms with E-state index in [-0.39, 0.29) is 57.8 Å². The van der Waals surface area contributed by atoms with E-state index in [1.807, 2.05) is 40.4 Å². The molecule has 0 N–H and O–H groups in total. The number of hydrogen-bond donors (Lipinski definition) is 0. The Balaban J connectivity index is -0.0000000799. The zero-order chi connectivity index (χ0) is 67.9. The second-order valence-corrected chi connectivity index (χ2v) is 74.3. The minimum absolute atomic E-state index is 0. The SMILES string of the molecule is C.C.C.C.C.C.CCOP(=N[Si](C)(C)C)(OCC(F)(F)F)OCC(F)(F)F.CCOP(=N[Si](C)(C)C)(OCC)OCC.CCOP(OCC(F)(F)F)OCC(F)(F)F.CN=P(C)(Cl)Cl.C[Si](C)(C)N=[N+]=[N-].ClP(Cl)(Cl)(Cl)Cl.ClP1(Cl)=NP(Cl)(Cl)=NP(Cl)(Cl)=N1. The molecular formula is C35H90Cl13F12N9O9P8Si3. The van der Waals surface area contributed by atoms with Crippen LogP contribution in [0.25, 0.3) is 10.4 Å². The largest absolute Gasteiger partial charge is 0.257 e. The van der Waals surface area contributed by atoms with Gasteiger partial charge in [0.2, 0.25) is 0 Å². The van der Waals surface area contributed by atoms with Gasteiger partial charge in [-0.15, -0.1) is 4.78 Å². The van der Waals surface area contributed by atoms with Crippen molar-refractivity contribution in [2.45, 2.75) is 163 Å². The molecule has 0 aromatic carbocycles. The minimum atomic E-state index is -4.72. The van der Waals surface area contributed by atoms with Gasteiger partial charge in [0.1, 0.15) is 14.0 Å². The molecule has 0 spiro atoms. The van der Waals surface area contributed by atoms with Gasteiger partial charge >= 0.3 is 108 Å². The Morgan fingerprint density at radius 3 is 0.809 bits per heavy atom. The van der Waals surface area contributed by atoms with Crippen LogP contribution in [0.5, 0.6) is 0 Å². The van der Waals surface area contributed by atoms with Crippen LogP contribution in [0.4, 0.5) is 52.7 Å². The Hall–Kier alpha value is 4.77. The zero-order valence-electron chi connectivity index (χ0n) is 46.6. The number of hydrogen-bond acceptors (Lipinski definition) is 16.